The zero-order valence-electron chi connectivity index (χ0n) is 16.5. The van der Waals surface area contributed by atoms with Crippen molar-refractivity contribution < 1.29 is 17.9 Å². The molecule has 9 heteroatoms. The fourth-order valence-electron chi connectivity index (χ4n) is 4.50. The Balaban J connectivity index is 1.76. The van der Waals surface area contributed by atoms with E-state index in [1.54, 1.807) is 12.1 Å². The van der Waals surface area contributed by atoms with Crippen LogP contribution in [-0.2, 0) is 6.18 Å². The highest BCUT2D eigenvalue weighted by molar-refractivity contribution is 5.63. The number of nitrogens with zero attached hydrogens (tertiary/aromatic N) is 4. The predicted molar refractivity (Wildman–Crippen MR) is 101 cm³/mol. The summed E-state index contributed by atoms with van der Waals surface area (Å²) in [6, 6.07) is 8.43. The van der Waals surface area contributed by atoms with Gasteiger partial charge in [0.25, 0.3) is 0 Å². The molecule has 0 unspecified atom stereocenters. The number of hydrogen-bond donors (Lipinski definition) is 1. The minimum Gasteiger partial charge on any atom is -0.472 e. The van der Waals surface area contributed by atoms with Crippen molar-refractivity contribution in [3.8, 4) is 17.3 Å². The van der Waals surface area contributed by atoms with Gasteiger partial charge in [0.1, 0.15) is 6.10 Å². The van der Waals surface area contributed by atoms with Gasteiger partial charge in [-0.15, -0.1) is 15.3 Å². The van der Waals surface area contributed by atoms with Crippen LogP contribution >= 0.6 is 0 Å². The average Bonchev–Trinajstić information content (AvgIpc) is 3.07. The van der Waals surface area contributed by atoms with Crippen LogP contribution in [-0.4, -0.2) is 32.0 Å². The maximum absolute atomic E-state index is 13.4. The largest absolute Gasteiger partial charge is 0.472 e. The Morgan fingerprint density at radius 2 is 1.66 bits per heavy atom. The van der Waals surface area contributed by atoms with E-state index in [4.69, 9.17) is 10.5 Å². The van der Waals surface area contributed by atoms with Gasteiger partial charge in [0, 0.05) is 28.5 Å². The van der Waals surface area contributed by atoms with Crippen LogP contribution in [0, 0.1) is 10.8 Å². The van der Waals surface area contributed by atoms with Gasteiger partial charge < -0.3 is 10.5 Å². The smallest absolute Gasteiger partial charge is 0.417 e. The van der Waals surface area contributed by atoms with Crippen molar-refractivity contribution in [3.63, 3.8) is 0 Å². The maximum atomic E-state index is 13.4. The lowest BCUT2D eigenvalue weighted by Gasteiger charge is -2.61. The first-order valence-electron chi connectivity index (χ1n) is 9.25. The number of fused-ring (bicyclic) bond motifs is 1. The lowest BCUT2D eigenvalue weighted by Crippen LogP contribution is -2.73. The Labute approximate surface area is 165 Å². The molecule has 0 bridgehead atoms. The molecule has 2 heterocycles. The molecule has 1 aliphatic carbocycles. The lowest BCUT2D eigenvalue weighted by molar-refractivity contribution is -0.156. The second-order valence-corrected chi connectivity index (χ2v) is 8.63. The molecule has 2 N–H and O–H groups in total. The molecule has 0 radical (unpaired) electrons. The van der Waals surface area contributed by atoms with Crippen molar-refractivity contribution >= 4 is 5.65 Å². The second kappa shape index (κ2) is 6.16. The van der Waals surface area contributed by atoms with Crippen LogP contribution in [0.15, 0.2) is 36.4 Å². The molecule has 0 aliphatic heterocycles. The minimum absolute atomic E-state index is 0.00204. The molecule has 154 valence electrons. The summed E-state index contributed by atoms with van der Waals surface area (Å²) in [7, 11) is 0. The molecule has 0 amide bonds. The molecule has 0 saturated heterocycles. The Kier molecular flexibility index (Phi) is 4.17. The summed E-state index contributed by atoms with van der Waals surface area (Å²) in [6.45, 7) is 8.09. The van der Waals surface area contributed by atoms with Crippen LogP contribution in [0.5, 0.6) is 5.88 Å². The van der Waals surface area contributed by atoms with Crippen LogP contribution in [0.1, 0.15) is 33.3 Å². The summed E-state index contributed by atoms with van der Waals surface area (Å²) in [5, 5.41) is 12.3. The van der Waals surface area contributed by atoms with Gasteiger partial charge in [-0.3, -0.25) is 0 Å². The van der Waals surface area contributed by atoms with Gasteiger partial charge >= 0.3 is 6.18 Å². The number of benzene rings is 1. The van der Waals surface area contributed by atoms with Gasteiger partial charge in [-0.1, -0.05) is 45.9 Å². The highest BCUT2D eigenvalue weighted by Gasteiger charge is 2.62. The number of ether oxygens (including phenoxy) is 1. The van der Waals surface area contributed by atoms with Gasteiger partial charge in [-0.05, 0) is 12.1 Å². The van der Waals surface area contributed by atoms with E-state index < -0.39 is 11.7 Å². The van der Waals surface area contributed by atoms with Crippen LogP contribution in [0.3, 0.4) is 0 Å². The molecule has 3 aromatic rings. The molecule has 4 rings (SSSR count). The molecule has 0 atom stereocenters. The van der Waals surface area contributed by atoms with E-state index in [0.717, 1.165) is 6.07 Å². The third-order valence-electron chi connectivity index (χ3n) is 5.90. The van der Waals surface area contributed by atoms with Crippen molar-refractivity contribution in [1.82, 2.24) is 19.8 Å². The molecule has 1 fully saturated rings. The van der Waals surface area contributed by atoms with Crippen LogP contribution < -0.4 is 10.5 Å². The van der Waals surface area contributed by atoms with Crippen LogP contribution in [0.2, 0.25) is 0 Å². The van der Waals surface area contributed by atoms with Gasteiger partial charge in [0.15, 0.2) is 11.5 Å². The zero-order valence-corrected chi connectivity index (χ0v) is 16.5. The van der Waals surface area contributed by atoms with Crippen molar-refractivity contribution in [2.75, 3.05) is 0 Å². The number of nitrogens with two attached hydrogens (primary N) is 1. The highest BCUT2D eigenvalue weighted by Crippen LogP contribution is 2.54. The molecule has 1 aromatic carbocycles. The maximum Gasteiger partial charge on any atom is 0.417 e. The standard InChI is InChI=1S/C20H22F3N5O/c1-18(2)16(24)19(3,4)17(18)29-14-10-9-13-25-26-15(28(13)27-14)11-7-5-6-8-12(11)20(21,22)23/h5-10,16-17H,24H2,1-4H3. The second-order valence-electron chi connectivity index (χ2n) is 8.63. The monoisotopic (exact) mass is 405 g/mol. The molecule has 0 spiro atoms. The van der Waals surface area contributed by atoms with E-state index in [2.05, 4.69) is 15.3 Å². The van der Waals surface area contributed by atoms with Gasteiger partial charge in [0.05, 0.1) is 5.56 Å². The summed E-state index contributed by atoms with van der Waals surface area (Å²) in [4.78, 5) is 0. The molecule has 6 nitrogen and oxygen atoms in total. The van der Waals surface area contributed by atoms with Gasteiger partial charge in [-0.25, -0.2) is 0 Å². The van der Waals surface area contributed by atoms with E-state index in [-0.39, 0.29) is 40.2 Å². The fourth-order valence-corrected chi connectivity index (χ4v) is 4.50. The van der Waals surface area contributed by atoms with E-state index in [0.29, 0.717) is 5.65 Å². The highest BCUT2D eigenvalue weighted by atomic mass is 19.4. The molecular formula is C20H22F3N5O. The summed E-state index contributed by atoms with van der Waals surface area (Å²) in [5.74, 6) is 0.281. The molecule has 1 saturated carbocycles. The fraction of sp³-hybridized carbons (Fsp3) is 0.450. The Hall–Kier alpha value is -2.68. The van der Waals surface area contributed by atoms with Crippen LogP contribution in [0.4, 0.5) is 13.2 Å². The number of rotatable bonds is 3. The third kappa shape index (κ3) is 2.95. The van der Waals surface area contributed by atoms with Crippen molar-refractivity contribution in [3.05, 3.63) is 42.0 Å². The quantitative estimate of drug-likeness (QED) is 0.714. The minimum atomic E-state index is -4.52. The Bertz CT molecular complexity index is 1060. The first kappa shape index (κ1) is 19.6. The lowest BCUT2D eigenvalue weighted by atomic mass is 9.50. The third-order valence-corrected chi connectivity index (χ3v) is 5.90. The Morgan fingerprint density at radius 1 is 1.00 bits per heavy atom. The average molecular weight is 405 g/mol. The summed E-state index contributed by atoms with van der Waals surface area (Å²) >= 11 is 0. The zero-order chi connectivity index (χ0) is 21.2. The van der Waals surface area contributed by atoms with Crippen molar-refractivity contribution in [2.24, 2.45) is 16.6 Å². The van der Waals surface area contributed by atoms with Crippen molar-refractivity contribution in [2.45, 2.75) is 46.0 Å². The molecule has 29 heavy (non-hydrogen) atoms. The first-order valence-corrected chi connectivity index (χ1v) is 9.25. The molecule has 1 aliphatic rings. The number of alkyl halides is 3. The van der Waals surface area contributed by atoms with Gasteiger partial charge in [-0.2, -0.15) is 17.7 Å². The number of halogens is 3. The summed E-state index contributed by atoms with van der Waals surface area (Å²) in [6.07, 6.45) is -4.72. The first-order chi connectivity index (χ1) is 13.4. The molecule has 2 aromatic heterocycles. The van der Waals surface area contributed by atoms with Crippen LogP contribution in [0.25, 0.3) is 17.0 Å². The van der Waals surface area contributed by atoms with E-state index in [1.807, 2.05) is 27.7 Å². The predicted octanol–water partition coefficient (Wildman–Crippen LogP) is 3.95. The van der Waals surface area contributed by atoms with Crippen molar-refractivity contribution in [1.29, 1.82) is 0 Å². The topological polar surface area (TPSA) is 78.3 Å². The Morgan fingerprint density at radius 3 is 2.31 bits per heavy atom. The van der Waals surface area contributed by atoms with Gasteiger partial charge in [0.2, 0.25) is 5.88 Å². The van der Waals surface area contributed by atoms with E-state index in [1.165, 1.54) is 22.7 Å². The molecular weight excluding hydrogens is 383 g/mol. The number of aromatic nitrogens is 4. The SMILES string of the molecule is CC1(C)C(N)C(C)(C)C1Oc1ccc2nnc(-c3ccccc3C(F)(F)F)n2n1. The number of hydrogen-bond acceptors (Lipinski definition) is 5. The summed E-state index contributed by atoms with van der Waals surface area (Å²) in [5.41, 5.74) is 5.18. The normalized spacial score (nSPS) is 23.0. The van der Waals surface area contributed by atoms with E-state index >= 15 is 0 Å². The summed E-state index contributed by atoms with van der Waals surface area (Å²) < 4.78 is 47.7. The van der Waals surface area contributed by atoms with E-state index in [9.17, 15) is 13.2 Å².